The average Bonchev–Trinajstić information content (AvgIpc) is 2.66. The molecule has 0 aromatic heterocycles. The van der Waals surface area contributed by atoms with Crippen molar-refractivity contribution in [2.75, 3.05) is 26.1 Å². The van der Waals surface area contributed by atoms with E-state index in [1.165, 1.54) is 5.56 Å². The van der Waals surface area contributed by atoms with Gasteiger partial charge in [-0.15, -0.1) is 0 Å². The molecule has 0 saturated heterocycles. The fraction of sp³-hybridized carbons (Fsp3) is 0.300. The van der Waals surface area contributed by atoms with E-state index in [2.05, 4.69) is 10.6 Å². The minimum Gasteiger partial charge on any atom is -0.497 e. The van der Waals surface area contributed by atoms with Crippen molar-refractivity contribution >= 4 is 28.9 Å². The van der Waals surface area contributed by atoms with Crippen molar-refractivity contribution in [1.29, 1.82) is 0 Å². The summed E-state index contributed by atoms with van der Waals surface area (Å²) >= 11 is 5.19. The summed E-state index contributed by atoms with van der Waals surface area (Å²) in [5.41, 5.74) is 1.82. The van der Waals surface area contributed by atoms with Crippen molar-refractivity contribution in [1.82, 2.24) is 5.32 Å². The highest BCUT2D eigenvalue weighted by Crippen LogP contribution is 2.28. The zero-order chi connectivity index (χ0) is 19.6. The van der Waals surface area contributed by atoms with Crippen molar-refractivity contribution < 1.29 is 19.0 Å². The van der Waals surface area contributed by atoms with Gasteiger partial charge in [0.2, 0.25) is 5.91 Å². The Labute approximate surface area is 164 Å². The topological polar surface area (TPSA) is 68.8 Å². The number of carbonyl (C=O) groups is 1. The molecule has 27 heavy (non-hydrogen) atoms. The number of ether oxygens (including phenoxy) is 3. The van der Waals surface area contributed by atoms with Gasteiger partial charge in [-0.05, 0) is 49.8 Å². The third-order valence-electron chi connectivity index (χ3n) is 3.75. The van der Waals surface area contributed by atoms with Gasteiger partial charge in [-0.25, -0.2) is 0 Å². The highest BCUT2D eigenvalue weighted by Gasteiger charge is 2.09. The number of aryl methyl sites for hydroxylation is 1. The Morgan fingerprint density at radius 3 is 2.41 bits per heavy atom. The number of amides is 1. The van der Waals surface area contributed by atoms with E-state index in [4.69, 9.17) is 26.4 Å². The second kappa shape index (κ2) is 10.4. The lowest BCUT2D eigenvalue weighted by molar-refractivity contribution is -0.119. The minimum absolute atomic E-state index is 0.174. The molecule has 0 heterocycles. The Balaban J connectivity index is 1.73. The lowest BCUT2D eigenvalue weighted by Crippen LogP contribution is -2.34. The number of anilines is 1. The molecule has 0 saturated carbocycles. The molecule has 2 aromatic rings. The molecule has 0 bridgehead atoms. The molecule has 2 aromatic carbocycles. The lowest BCUT2D eigenvalue weighted by Gasteiger charge is -2.13. The molecule has 0 aliphatic rings. The molecule has 0 radical (unpaired) electrons. The monoisotopic (exact) mass is 388 g/mol. The summed E-state index contributed by atoms with van der Waals surface area (Å²) < 4.78 is 16.1. The standard InChI is InChI=1S/C20H24N2O4S/c1-14-6-8-15(9-7-14)26-12-4-5-19(23)22-20(27)21-17-11-10-16(24-2)13-18(17)25-3/h6-11,13H,4-5,12H2,1-3H3,(H2,21,22,23,27). The number of thiocarbonyl (C=S) groups is 1. The molecule has 6 nitrogen and oxygen atoms in total. The van der Waals surface area contributed by atoms with E-state index in [-0.39, 0.29) is 11.0 Å². The van der Waals surface area contributed by atoms with Crippen molar-refractivity contribution in [2.45, 2.75) is 19.8 Å². The molecule has 2 N–H and O–H groups in total. The SMILES string of the molecule is COc1ccc(NC(=S)NC(=O)CCCOc2ccc(C)cc2)c(OC)c1. The van der Waals surface area contributed by atoms with Gasteiger partial charge in [-0.3, -0.25) is 4.79 Å². The normalized spacial score (nSPS) is 10.0. The van der Waals surface area contributed by atoms with Crippen LogP contribution in [-0.2, 0) is 4.79 Å². The van der Waals surface area contributed by atoms with E-state index in [0.717, 1.165) is 5.75 Å². The largest absolute Gasteiger partial charge is 0.497 e. The van der Waals surface area contributed by atoms with Crippen molar-refractivity contribution in [3.63, 3.8) is 0 Å². The van der Waals surface area contributed by atoms with Crippen LogP contribution >= 0.6 is 12.2 Å². The number of benzene rings is 2. The van der Waals surface area contributed by atoms with Gasteiger partial charge in [0.05, 0.1) is 26.5 Å². The van der Waals surface area contributed by atoms with Crippen molar-refractivity contribution in [2.24, 2.45) is 0 Å². The first-order valence-electron chi connectivity index (χ1n) is 8.54. The first-order chi connectivity index (χ1) is 13.0. The predicted molar refractivity (Wildman–Crippen MR) is 110 cm³/mol. The van der Waals surface area contributed by atoms with E-state index >= 15 is 0 Å². The van der Waals surface area contributed by atoms with E-state index in [9.17, 15) is 4.79 Å². The summed E-state index contributed by atoms with van der Waals surface area (Å²) in [4.78, 5) is 12.0. The van der Waals surface area contributed by atoms with Gasteiger partial charge in [0, 0.05) is 12.5 Å². The molecule has 0 aliphatic carbocycles. The Bertz CT molecular complexity index is 778. The Morgan fingerprint density at radius 1 is 1.04 bits per heavy atom. The molecule has 0 atom stereocenters. The highest BCUT2D eigenvalue weighted by molar-refractivity contribution is 7.80. The lowest BCUT2D eigenvalue weighted by atomic mass is 10.2. The van der Waals surface area contributed by atoms with Gasteiger partial charge in [-0.2, -0.15) is 0 Å². The Kier molecular flexibility index (Phi) is 7.88. The van der Waals surface area contributed by atoms with Gasteiger partial charge < -0.3 is 24.8 Å². The van der Waals surface area contributed by atoms with E-state index in [1.807, 2.05) is 31.2 Å². The molecule has 0 unspecified atom stereocenters. The molecular formula is C20H24N2O4S. The fourth-order valence-electron chi connectivity index (χ4n) is 2.30. The third kappa shape index (κ3) is 6.79. The zero-order valence-electron chi connectivity index (χ0n) is 15.7. The number of hydrogen-bond acceptors (Lipinski definition) is 5. The van der Waals surface area contributed by atoms with Crippen LogP contribution in [0.15, 0.2) is 42.5 Å². The molecule has 1 amide bonds. The molecule has 2 rings (SSSR count). The van der Waals surface area contributed by atoms with Crippen LogP contribution in [0.25, 0.3) is 0 Å². The van der Waals surface area contributed by atoms with Crippen molar-refractivity contribution in [3.05, 3.63) is 48.0 Å². The summed E-state index contributed by atoms with van der Waals surface area (Å²) in [7, 11) is 3.13. The van der Waals surface area contributed by atoms with Gasteiger partial charge in [0.25, 0.3) is 0 Å². The number of methoxy groups -OCH3 is 2. The Hall–Kier alpha value is -2.80. The Morgan fingerprint density at radius 2 is 1.74 bits per heavy atom. The second-order valence-electron chi connectivity index (χ2n) is 5.83. The summed E-state index contributed by atoms with van der Waals surface area (Å²) in [6.07, 6.45) is 0.904. The van der Waals surface area contributed by atoms with Gasteiger partial charge in [0.1, 0.15) is 17.2 Å². The van der Waals surface area contributed by atoms with Crippen LogP contribution in [0.2, 0.25) is 0 Å². The molecule has 7 heteroatoms. The summed E-state index contributed by atoms with van der Waals surface area (Å²) in [6, 6.07) is 13.1. The number of nitrogens with one attached hydrogen (secondary N) is 2. The number of carbonyl (C=O) groups excluding carboxylic acids is 1. The van der Waals surface area contributed by atoms with Crippen LogP contribution in [0.5, 0.6) is 17.2 Å². The predicted octanol–water partition coefficient (Wildman–Crippen LogP) is 3.68. The molecule has 0 spiro atoms. The minimum atomic E-state index is -0.174. The van der Waals surface area contributed by atoms with Crippen LogP contribution in [-0.4, -0.2) is 31.8 Å². The molecule has 0 aliphatic heterocycles. The summed E-state index contributed by atoms with van der Waals surface area (Å²) in [5.74, 6) is 1.86. The first kappa shape index (κ1) is 20.5. The average molecular weight is 388 g/mol. The van der Waals surface area contributed by atoms with Crippen molar-refractivity contribution in [3.8, 4) is 17.2 Å². The maximum absolute atomic E-state index is 12.0. The number of rotatable bonds is 8. The van der Waals surface area contributed by atoms with Crippen LogP contribution in [0.4, 0.5) is 5.69 Å². The van der Waals surface area contributed by atoms with Gasteiger partial charge in [-0.1, -0.05) is 17.7 Å². The first-order valence-corrected chi connectivity index (χ1v) is 8.95. The molecule has 0 fully saturated rings. The quantitative estimate of drug-likeness (QED) is 0.531. The summed E-state index contributed by atoms with van der Waals surface area (Å²) in [5, 5.41) is 5.82. The van der Waals surface area contributed by atoms with Gasteiger partial charge >= 0.3 is 0 Å². The second-order valence-corrected chi connectivity index (χ2v) is 6.24. The van der Waals surface area contributed by atoms with Gasteiger partial charge in [0.15, 0.2) is 5.11 Å². The van der Waals surface area contributed by atoms with Crippen LogP contribution in [0, 0.1) is 6.92 Å². The third-order valence-corrected chi connectivity index (χ3v) is 3.95. The maximum Gasteiger partial charge on any atom is 0.226 e. The van der Waals surface area contributed by atoms with Crippen LogP contribution in [0.1, 0.15) is 18.4 Å². The van der Waals surface area contributed by atoms with E-state index in [0.29, 0.717) is 36.6 Å². The maximum atomic E-state index is 12.0. The molecular weight excluding hydrogens is 364 g/mol. The number of hydrogen-bond donors (Lipinski definition) is 2. The summed E-state index contributed by atoms with van der Waals surface area (Å²) in [6.45, 7) is 2.48. The van der Waals surface area contributed by atoms with Crippen LogP contribution < -0.4 is 24.8 Å². The van der Waals surface area contributed by atoms with E-state index in [1.54, 1.807) is 32.4 Å². The fourth-order valence-corrected chi connectivity index (χ4v) is 2.53. The van der Waals surface area contributed by atoms with Crippen LogP contribution in [0.3, 0.4) is 0 Å². The zero-order valence-corrected chi connectivity index (χ0v) is 16.5. The smallest absolute Gasteiger partial charge is 0.226 e. The van der Waals surface area contributed by atoms with E-state index < -0.39 is 0 Å². The highest BCUT2D eigenvalue weighted by atomic mass is 32.1. The molecule has 144 valence electrons.